The lowest BCUT2D eigenvalue weighted by atomic mass is 10.3. The van der Waals surface area contributed by atoms with Gasteiger partial charge >= 0.3 is 0 Å². The summed E-state index contributed by atoms with van der Waals surface area (Å²) in [6, 6.07) is 3.72. The molecule has 0 spiro atoms. The van der Waals surface area contributed by atoms with Gasteiger partial charge in [-0.15, -0.1) is 17.7 Å². The second kappa shape index (κ2) is 2.84. The van der Waals surface area contributed by atoms with Gasteiger partial charge in [0.1, 0.15) is 0 Å². The number of hydrogen-bond donors (Lipinski definition) is 1. The van der Waals surface area contributed by atoms with Crippen LogP contribution in [0.1, 0.15) is 11.4 Å². The fraction of sp³-hybridized carbons (Fsp3) is 0.143. The third-order valence-electron chi connectivity index (χ3n) is 1.09. The van der Waals surface area contributed by atoms with Crippen LogP contribution >= 0.6 is 12.6 Å². The highest BCUT2D eigenvalue weighted by Crippen LogP contribution is 2.10. The summed E-state index contributed by atoms with van der Waals surface area (Å²) in [4.78, 5) is 0.646. The molecule has 0 aliphatic heterocycles. The molecule has 0 aromatic carbocycles. The highest BCUT2D eigenvalue weighted by molar-refractivity contribution is 7.90. The maximum atomic E-state index is 4.02. The van der Waals surface area contributed by atoms with Gasteiger partial charge in [-0.05, 0) is 19.1 Å². The topological polar surface area (TPSA) is 25.8 Å². The molecule has 1 aromatic rings. The van der Waals surface area contributed by atoms with Crippen molar-refractivity contribution in [3.63, 3.8) is 0 Å². The molecule has 0 atom stereocenters. The van der Waals surface area contributed by atoms with E-state index in [1.807, 2.05) is 19.1 Å². The minimum absolute atomic E-state index is 0.646. The van der Waals surface area contributed by atoms with Crippen molar-refractivity contribution < 1.29 is 0 Å². The summed E-state index contributed by atoms with van der Waals surface area (Å²) in [6.45, 7) is 5.50. The number of aromatic nitrogens is 2. The van der Waals surface area contributed by atoms with E-state index in [0.717, 1.165) is 11.4 Å². The molecule has 0 fully saturated rings. The van der Waals surface area contributed by atoms with Crippen molar-refractivity contribution in [2.24, 2.45) is 0 Å². The van der Waals surface area contributed by atoms with E-state index in [4.69, 9.17) is 0 Å². The largest absolute Gasteiger partial charge is 0.155 e. The molecule has 52 valence electrons. The van der Waals surface area contributed by atoms with E-state index in [1.54, 1.807) is 0 Å². The Hall–Kier alpha value is -0.830. The zero-order valence-corrected chi connectivity index (χ0v) is 6.60. The summed E-state index contributed by atoms with van der Waals surface area (Å²) in [5.41, 5.74) is 1.63. The third kappa shape index (κ3) is 1.57. The van der Waals surface area contributed by atoms with E-state index < -0.39 is 0 Å². The molecule has 0 saturated heterocycles. The van der Waals surface area contributed by atoms with Gasteiger partial charge in [0.25, 0.3) is 0 Å². The van der Waals surface area contributed by atoms with Crippen LogP contribution in [0.4, 0.5) is 0 Å². The minimum atomic E-state index is 0.646. The van der Waals surface area contributed by atoms with Gasteiger partial charge in [-0.1, -0.05) is 6.58 Å². The molecule has 3 heteroatoms. The van der Waals surface area contributed by atoms with Crippen molar-refractivity contribution in [2.45, 2.75) is 6.92 Å². The molecule has 1 aromatic heterocycles. The normalized spacial score (nSPS) is 9.40. The van der Waals surface area contributed by atoms with Gasteiger partial charge in [0.15, 0.2) is 0 Å². The first-order valence-corrected chi connectivity index (χ1v) is 3.33. The maximum absolute atomic E-state index is 4.02. The Labute approximate surface area is 65.4 Å². The molecular formula is C7H8N2S. The molecule has 0 aliphatic rings. The van der Waals surface area contributed by atoms with Crippen molar-refractivity contribution in [1.29, 1.82) is 0 Å². The van der Waals surface area contributed by atoms with Crippen LogP contribution in [0.25, 0.3) is 4.91 Å². The Balaban J connectivity index is 3.00. The van der Waals surface area contributed by atoms with Crippen LogP contribution in [0.15, 0.2) is 18.7 Å². The third-order valence-corrected chi connectivity index (χ3v) is 1.32. The van der Waals surface area contributed by atoms with Crippen molar-refractivity contribution in [2.75, 3.05) is 0 Å². The summed E-state index contributed by atoms with van der Waals surface area (Å²) in [7, 11) is 0. The summed E-state index contributed by atoms with van der Waals surface area (Å²) in [6.07, 6.45) is 0. The van der Waals surface area contributed by atoms with Gasteiger partial charge in [-0.25, -0.2) is 0 Å². The Morgan fingerprint density at radius 2 is 2.20 bits per heavy atom. The van der Waals surface area contributed by atoms with E-state index in [-0.39, 0.29) is 0 Å². The maximum Gasteiger partial charge on any atom is 0.0984 e. The van der Waals surface area contributed by atoms with Crippen LogP contribution in [0.2, 0.25) is 0 Å². The van der Waals surface area contributed by atoms with E-state index in [1.165, 1.54) is 0 Å². The van der Waals surface area contributed by atoms with Gasteiger partial charge in [-0.2, -0.15) is 5.10 Å². The highest BCUT2D eigenvalue weighted by atomic mass is 32.1. The zero-order chi connectivity index (χ0) is 7.56. The summed E-state index contributed by atoms with van der Waals surface area (Å²) in [5, 5.41) is 7.69. The van der Waals surface area contributed by atoms with Crippen LogP contribution in [-0.2, 0) is 0 Å². The summed E-state index contributed by atoms with van der Waals surface area (Å²) < 4.78 is 0. The predicted molar refractivity (Wildman–Crippen MR) is 44.8 cm³/mol. The van der Waals surface area contributed by atoms with Crippen LogP contribution in [-0.4, -0.2) is 10.2 Å². The molecule has 0 saturated carbocycles. The smallest absolute Gasteiger partial charge is 0.0984 e. The lowest BCUT2D eigenvalue weighted by Crippen LogP contribution is -1.89. The Morgan fingerprint density at radius 3 is 2.60 bits per heavy atom. The number of hydrogen-bond acceptors (Lipinski definition) is 3. The summed E-state index contributed by atoms with van der Waals surface area (Å²) in [5.74, 6) is 0. The average Bonchev–Trinajstić information content (AvgIpc) is 1.88. The fourth-order valence-electron chi connectivity index (χ4n) is 0.553. The molecule has 0 N–H and O–H groups in total. The van der Waals surface area contributed by atoms with Gasteiger partial charge in [0, 0.05) is 4.91 Å². The number of nitrogens with zero attached hydrogens (tertiary/aromatic N) is 2. The molecule has 0 amide bonds. The molecule has 0 aliphatic carbocycles. The van der Waals surface area contributed by atoms with Crippen LogP contribution in [0.5, 0.6) is 0 Å². The van der Waals surface area contributed by atoms with E-state index >= 15 is 0 Å². The fourth-order valence-corrected chi connectivity index (χ4v) is 0.672. The Bertz CT molecular complexity index is 240. The molecular weight excluding hydrogens is 144 g/mol. The quantitative estimate of drug-likeness (QED) is 0.619. The average molecular weight is 152 g/mol. The lowest BCUT2D eigenvalue weighted by molar-refractivity contribution is 0.969. The SMILES string of the molecule is C=C(S)c1ccc(C)nn1. The van der Waals surface area contributed by atoms with Crippen molar-refractivity contribution >= 4 is 17.5 Å². The number of rotatable bonds is 1. The Morgan fingerprint density at radius 1 is 1.50 bits per heavy atom. The highest BCUT2D eigenvalue weighted by Gasteiger charge is 1.93. The molecule has 0 unspecified atom stereocenters. The monoisotopic (exact) mass is 152 g/mol. The number of thiol groups is 1. The van der Waals surface area contributed by atoms with Gasteiger partial charge < -0.3 is 0 Å². The van der Waals surface area contributed by atoms with Gasteiger partial charge in [-0.3, -0.25) is 0 Å². The first-order valence-electron chi connectivity index (χ1n) is 2.89. The first-order chi connectivity index (χ1) is 4.70. The molecule has 10 heavy (non-hydrogen) atoms. The predicted octanol–water partition coefficient (Wildman–Crippen LogP) is 1.69. The Kier molecular flexibility index (Phi) is 2.06. The van der Waals surface area contributed by atoms with E-state index in [0.29, 0.717) is 4.91 Å². The van der Waals surface area contributed by atoms with Crippen LogP contribution < -0.4 is 0 Å². The minimum Gasteiger partial charge on any atom is -0.155 e. The summed E-state index contributed by atoms with van der Waals surface area (Å²) >= 11 is 4.02. The standard InChI is InChI=1S/C7H8N2S/c1-5-3-4-7(6(2)10)9-8-5/h3-4,10H,2H2,1H3. The van der Waals surface area contributed by atoms with Crippen LogP contribution in [0.3, 0.4) is 0 Å². The lowest BCUT2D eigenvalue weighted by Gasteiger charge is -1.94. The van der Waals surface area contributed by atoms with Crippen molar-refractivity contribution in [3.05, 3.63) is 30.1 Å². The van der Waals surface area contributed by atoms with E-state index in [9.17, 15) is 0 Å². The van der Waals surface area contributed by atoms with Gasteiger partial charge in [0.2, 0.25) is 0 Å². The molecule has 2 nitrogen and oxygen atoms in total. The number of aryl methyl sites for hydroxylation is 1. The molecule has 1 heterocycles. The van der Waals surface area contributed by atoms with Crippen LogP contribution in [0, 0.1) is 6.92 Å². The molecule has 0 radical (unpaired) electrons. The van der Waals surface area contributed by atoms with Gasteiger partial charge in [0.05, 0.1) is 11.4 Å². The second-order valence-electron chi connectivity index (χ2n) is 2.01. The molecule has 0 bridgehead atoms. The molecule has 1 rings (SSSR count). The van der Waals surface area contributed by atoms with Crippen molar-refractivity contribution in [1.82, 2.24) is 10.2 Å². The van der Waals surface area contributed by atoms with Crippen molar-refractivity contribution in [3.8, 4) is 0 Å². The zero-order valence-electron chi connectivity index (χ0n) is 5.70. The van der Waals surface area contributed by atoms with E-state index in [2.05, 4.69) is 29.4 Å². The first kappa shape index (κ1) is 7.28. The second-order valence-corrected chi connectivity index (χ2v) is 2.55.